The molecular weight excluding hydrogens is 359 g/mol. The zero-order chi connectivity index (χ0) is 18.2. The summed E-state index contributed by atoms with van der Waals surface area (Å²) >= 11 is 0.944. The lowest BCUT2D eigenvalue weighted by Gasteiger charge is -2.34. The summed E-state index contributed by atoms with van der Waals surface area (Å²) in [7, 11) is 0. The van der Waals surface area contributed by atoms with Crippen LogP contribution in [0.2, 0.25) is 0 Å². The van der Waals surface area contributed by atoms with Gasteiger partial charge in [0.15, 0.2) is 0 Å². The zero-order valence-corrected chi connectivity index (χ0v) is 13.8. The second-order valence-electron chi connectivity index (χ2n) is 5.36. The highest BCUT2D eigenvalue weighted by atomic mass is 32.1. The highest BCUT2D eigenvalue weighted by Crippen LogP contribution is 2.30. The molecule has 132 valence electrons. The number of rotatable bonds is 2. The molecular formula is C14H12F3N5O2S. The summed E-state index contributed by atoms with van der Waals surface area (Å²) in [6.07, 6.45) is -3.58. The van der Waals surface area contributed by atoms with Crippen molar-refractivity contribution in [3.8, 4) is 0 Å². The number of halogens is 3. The number of carbonyl (C=O) groups is 2. The number of nitrogens with zero attached hydrogens (tertiary/aromatic N) is 5. The Kier molecular flexibility index (Phi) is 4.41. The molecule has 0 atom stereocenters. The number of amides is 2. The van der Waals surface area contributed by atoms with Crippen molar-refractivity contribution >= 4 is 29.0 Å². The molecule has 2 aromatic rings. The normalized spacial score (nSPS) is 15.6. The number of carbonyl (C=O) groups excluding carboxylic acids is 2. The van der Waals surface area contributed by atoms with E-state index in [-0.39, 0.29) is 31.2 Å². The van der Waals surface area contributed by atoms with Gasteiger partial charge in [0.25, 0.3) is 5.91 Å². The van der Waals surface area contributed by atoms with Crippen LogP contribution in [0, 0.1) is 6.92 Å². The summed E-state index contributed by atoms with van der Waals surface area (Å²) < 4.78 is 42.0. The minimum Gasteiger partial charge on any atom is -0.327 e. The molecule has 7 nitrogen and oxygen atoms in total. The number of aryl methyl sites for hydroxylation is 1. The zero-order valence-electron chi connectivity index (χ0n) is 12.9. The van der Waals surface area contributed by atoms with Crippen molar-refractivity contribution in [2.24, 2.45) is 0 Å². The predicted molar refractivity (Wildman–Crippen MR) is 82.1 cm³/mol. The summed E-state index contributed by atoms with van der Waals surface area (Å²) in [6.45, 7) is 1.72. The van der Waals surface area contributed by atoms with Crippen molar-refractivity contribution in [2.75, 3.05) is 24.5 Å². The summed E-state index contributed by atoms with van der Waals surface area (Å²) in [6, 6.07) is 2.16. The van der Waals surface area contributed by atoms with Crippen LogP contribution >= 0.6 is 11.5 Å². The van der Waals surface area contributed by atoms with Crippen LogP contribution in [0.4, 0.5) is 18.9 Å². The number of hydrogen-bond acceptors (Lipinski definition) is 6. The third-order valence-corrected chi connectivity index (χ3v) is 4.52. The Morgan fingerprint density at radius 1 is 1.32 bits per heavy atom. The predicted octanol–water partition coefficient (Wildman–Crippen LogP) is 1.75. The maximum absolute atomic E-state index is 12.8. The lowest BCUT2D eigenvalue weighted by Crippen LogP contribution is -2.52. The van der Waals surface area contributed by atoms with Gasteiger partial charge in [-0.3, -0.25) is 14.6 Å². The lowest BCUT2D eigenvalue weighted by molar-refractivity contribution is -0.141. The van der Waals surface area contributed by atoms with Gasteiger partial charge in [0.2, 0.25) is 5.91 Å². The molecule has 2 amide bonds. The first kappa shape index (κ1) is 17.3. The van der Waals surface area contributed by atoms with Crippen molar-refractivity contribution in [3.63, 3.8) is 0 Å². The van der Waals surface area contributed by atoms with Crippen LogP contribution in [0.5, 0.6) is 0 Å². The summed E-state index contributed by atoms with van der Waals surface area (Å²) in [5.74, 6) is -0.819. The van der Waals surface area contributed by atoms with E-state index in [4.69, 9.17) is 0 Å². The fraction of sp³-hybridized carbons (Fsp3) is 0.357. The van der Waals surface area contributed by atoms with Gasteiger partial charge >= 0.3 is 6.18 Å². The first-order chi connectivity index (χ1) is 11.8. The molecule has 0 aliphatic carbocycles. The van der Waals surface area contributed by atoms with Gasteiger partial charge in [-0.2, -0.15) is 13.2 Å². The molecule has 0 spiro atoms. The highest BCUT2D eigenvalue weighted by Gasteiger charge is 2.35. The van der Waals surface area contributed by atoms with E-state index in [1.54, 1.807) is 6.92 Å². The number of aromatic nitrogens is 3. The van der Waals surface area contributed by atoms with Gasteiger partial charge in [0.05, 0.1) is 5.69 Å². The van der Waals surface area contributed by atoms with Crippen LogP contribution in [0.1, 0.15) is 21.1 Å². The molecule has 1 aliphatic rings. The van der Waals surface area contributed by atoms with E-state index in [1.165, 1.54) is 15.9 Å². The fourth-order valence-electron chi connectivity index (χ4n) is 2.43. The third kappa shape index (κ3) is 3.45. The van der Waals surface area contributed by atoms with Crippen LogP contribution < -0.4 is 4.90 Å². The van der Waals surface area contributed by atoms with Crippen molar-refractivity contribution in [1.82, 2.24) is 19.5 Å². The molecule has 0 N–H and O–H groups in total. The van der Waals surface area contributed by atoms with E-state index in [1.807, 2.05) is 0 Å². The highest BCUT2D eigenvalue weighted by molar-refractivity contribution is 7.07. The van der Waals surface area contributed by atoms with Gasteiger partial charge in [-0.25, -0.2) is 0 Å². The first-order valence-corrected chi connectivity index (χ1v) is 7.96. The molecule has 3 heterocycles. The van der Waals surface area contributed by atoms with Gasteiger partial charge in [-0.15, -0.1) is 5.10 Å². The van der Waals surface area contributed by atoms with Crippen molar-refractivity contribution in [1.29, 1.82) is 0 Å². The van der Waals surface area contributed by atoms with Crippen LogP contribution in [-0.2, 0) is 11.0 Å². The third-order valence-electron chi connectivity index (χ3n) is 3.70. The largest absolute Gasteiger partial charge is 0.433 e. The number of hydrogen-bond donors (Lipinski definition) is 0. The average molecular weight is 371 g/mol. The van der Waals surface area contributed by atoms with Gasteiger partial charge in [-0.05, 0) is 30.6 Å². The summed E-state index contributed by atoms with van der Waals surface area (Å²) in [5.41, 5.74) is -0.480. The Morgan fingerprint density at radius 2 is 2.08 bits per heavy atom. The van der Waals surface area contributed by atoms with Crippen molar-refractivity contribution in [2.45, 2.75) is 13.1 Å². The number of anilines is 1. The molecule has 1 aliphatic heterocycles. The maximum Gasteiger partial charge on any atom is 0.433 e. The number of alkyl halides is 3. The quantitative estimate of drug-likeness (QED) is 0.804. The van der Waals surface area contributed by atoms with Crippen molar-refractivity contribution in [3.05, 3.63) is 34.6 Å². The topological polar surface area (TPSA) is 79.3 Å². The Balaban J connectivity index is 1.76. The fourth-order valence-corrected chi connectivity index (χ4v) is 3.06. The number of piperazine rings is 1. The SMILES string of the molecule is Cc1nnsc1C(=O)N1CCN(c2ccnc(C(F)(F)F)c2)C(=O)C1. The van der Waals surface area contributed by atoms with Crippen LogP contribution in [0.15, 0.2) is 18.3 Å². The Labute approximate surface area is 144 Å². The summed E-state index contributed by atoms with van der Waals surface area (Å²) in [4.78, 5) is 30.9. The van der Waals surface area contributed by atoms with E-state index in [0.717, 1.165) is 23.8 Å². The standard InChI is InChI=1S/C14H12F3N5O2S/c1-8-12(25-20-19-8)13(24)21-4-5-22(11(23)7-21)9-2-3-18-10(6-9)14(15,16)17/h2-3,6H,4-5,7H2,1H3. The average Bonchev–Trinajstić information content (AvgIpc) is 2.99. The molecule has 0 unspecified atom stereocenters. The van der Waals surface area contributed by atoms with Crippen LogP contribution in [-0.4, -0.2) is 50.9 Å². The van der Waals surface area contributed by atoms with Gasteiger partial charge in [0, 0.05) is 25.0 Å². The monoisotopic (exact) mass is 371 g/mol. The molecule has 0 bridgehead atoms. The van der Waals surface area contributed by atoms with Gasteiger partial charge in [-0.1, -0.05) is 4.49 Å². The maximum atomic E-state index is 12.8. The van der Waals surface area contributed by atoms with E-state index in [2.05, 4.69) is 14.6 Å². The minimum atomic E-state index is -4.59. The van der Waals surface area contributed by atoms with E-state index >= 15 is 0 Å². The molecule has 2 aromatic heterocycles. The van der Waals surface area contributed by atoms with Crippen molar-refractivity contribution < 1.29 is 22.8 Å². The van der Waals surface area contributed by atoms with Crippen LogP contribution in [0.3, 0.4) is 0 Å². The first-order valence-electron chi connectivity index (χ1n) is 7.19. The minimum absolute atomic E-state index is 0.0944. The van der Waals surface area contributed by atoms with E-state index in [0.29, 0.717) is 10.6 Å². The van der Waals surface area contributed by atoms with Gasteiger partial charge < -0.3 is 9.80 Å². The molecule has 0 aromatic carbocycles. The second-order valence-corrected chi connectivity index (χ2v) is 6.11. The molecule has 3 rings (SSSR count). The Hall–Kier alpha value is -2.56. The Morgan fingerprint density at radius 3 is 2.68 bits per heavy atom. The molecule has 0 saturated carbocycles. The van der Waals surface area contributed by atoms with Gasteiger partial charge in [0.1, 0.15) is 17.1 Å². The smallest absolute Gasteiger partial charge is 0.327 e. The lowest BCUT2D eigenvalue weighted by atomic mass is 10.2. The molecule has 0 radical (unpaired) electrons. The summed E-state index contributed by atoms with van der Waals surface area (Å²) in [5, 5.41) is 3.76. The molecule has 11 heteroatoms. The van der Waals surface area contributed by atoms with E-state index < -0.39 is 17.8 Å². The number of pyridine rings is 1. The molecule has 1 saturated heterocycles. The molecule has 1 fully saturated rings. The molecule has 25 heavy (non-hydrogen) atoms. The van der Waals surface area contributed by atoms with E-state index in [9.17, 15) is 22.8 Å². The van der Waals surface area contributed by atoms with Crippen LogP contribution in [0.25, 0.3) is 0 Å². The second kappa shape index (κ2) is 6.39. The Bertz CT molecular complexity index is 823.